The van der Waals surface area contributed by atoms with Crippen molar-refractivity contribution in [2.45, 2.75) is 251 Å². The van der Waals surface area contributed by atoms with Gasteiger partial charge in [0.1, 0.15) is 200 Å². The largest absolute Gasteiger partial charge is 0.394 e. The first-order valence-electron chi connectivity index (χ1n) is 31.6. The smallest absolute Gasteiger partial charge is 0.294 e. The predicted octanol–water partition coefficient (Wildman–Crippen LogP) is -16.1. The molecule has 30 aliphatic rings. The van der Waals surface area contributed by atoms with Gasteiger partial charge in [-0.05, 0) is 6.07 Å². The summed E-state index contributed by atoms with van der Waals surface area (Å²) in [6.07, 6.45) is -88.8. The molecule has 0 aromatic heterocycles. The highest BCUT2D eigenvalue weighted by atomic mass is 32.2. The van der Waals surface area contributed by atoms with E-state index in [0.29, 0.717) is 12.1 Å². The molecule has 584 valence electrons. The molecule has 31 rings (SSSR count). The topological polar surface area (TPSA) is 733 Å². The van der Waals surface area contributed by atoms with Gasteiger partial charge in [0.15, 0.2) is 60.2 Å². The molecule has 0 unspecified atom stereocenters. The summed E-state index contributed by atoms with van der Waals surface area (Å²) in [5.41, 5.74) is -2.35. The van der Waals surface area contributed by atoms with Crippen LogP contribution in [-0.2, 0) is 85.6 Å². The molecule has 1 aromatic rings. The Hall–Kier alpha value is -3.59. The van der Waals surface area contributed by atoms with Crippen molar-refractivity contribution in [2.24, 2.45) is 0 Å². The van der Waals surface area contributed by atoms with E-state index < -0.39 is 334 Å². The number of rotatable bonds is 12. The monoisotopic (exact) mass is 1510 g/mol. The van der Waals surface area contributed by atoms with Crippen LogP contribution in [0.4, 0.5) is 11.4 Å². The van der Waals surface area contributed by atoms with Crippen LogP contribution in [0.3, 0.4) is 0 Å². The van der Waals surface area contributed by atoms with Gasteiger partial charge in [0.2, 0.25) is 0 Å². The lowest BCUT2D eigenvalue weighted by atomic mass is 9.95. The summed E-state index contributed by atoms with van der Waals surface area (Å²) >= 11 is 0. The quantitative estimate of drug-likeness (QED) is 0.0682. The number of hydrogen-bond acceptors (Lipinski definition) is 45. The lowest BCUT2D eigenvalue weighted by molar-refractivity contribution is -0.403. The van der Waals surface area contributed by atoms with E-state index in [2.05, 4.69) is 0 Å². The van der Waals surface area contributed by atoms with Crippen LogP contribution in [0.1, 0.15) is 0 Å². The average Bonchev–Trinajstić information content (AvgIpc) is 0.772. The molecule has 48 heteroatoms. The summed E-state index contributed by atoms with van der Waals surface area (Å²) in [5.74, 6) is -1.64. The highest BCUT2D eigenvalue weighted by molar-refractivity contribution is 7.91. The number of nitro benzene ring substituents is 2. The number of ether oxygens (including phenoxy) is 16. The third-order valence-electron chi connectivity index (χ3n) is 18.8. The van der Waals surface area contributed by atoms with E-state index in [1.807, 2.05) is 0 Å². The van der Waals surface area contributed by atoms with E-state index in [1.165, 1.54) is 0 Å². The van der Waals surface area contributed by atoms with Crippen LogP contribution >= 0.6 is 0 Å². The normalized spacial score (nSPS) is 49.4. The van der Waals surface area contributed by atoms with Crippen LogP contribution in [-0.4, -0.2) is 433 Å². The minimum absolute atomic E-state index is 0.276. The average molecular weight is 1510 g/mol. The Morgan fingerprint density at radius 1 is 0.284 bits per heavy atom. The summed E-state index contributed by atoms with van der Waals surface area (Å²) in [6.45, 7) is -8.27. The Balaban J connectivity index is 0.960. The minimum atomic E-state index is -5.33. The molecule has 40 atom stereocenters. The molecule has 102 heavy (non-hydrogen) atoms. The van der Waals surface area contributed by atoms with Crippen molar-refractivity contribution in [1.82, 2.24) is 0 Å². The molecule has 0 amide bonds. The van der Waals surface area contributed by atoms with Crippen molar-refractivity contribution in [3.05, 3.63) is 38.4 Å². The molecular weight excluding hydrogens is 1430 g/mol. The fourth-order valence-corrected chi connectivity index (χ4v) is 14.8. The molecule has 30 aliphatic heterocycles. The van der Waals surface area contributed by atoms with Crippen LogP contribution in [0.5, 0.6) is 0 Å². The number of aliphatic hydroxyl groups excluding tert-OH is 23. The number of sulfone groups is 1. The Morgan fingerprint density at radius 3 is 0.647 bits per heavy atom. The second kappa shape index (κ2) is 33.5. The van der Waals surface area contributed by atoms with E-state index in [4.69, 9.17) is 75.8 Å². The Labute approximate surface area is 572 Å². The van der Waals surface area contributed by atoms with E-state index in [1.54, 1.807) is 0 Å². The number of non-ortho nitro benzene ring substituents is 1. The van der Waals surface area contributed by atoms with Crippen LogP contribution in [0.2, 0.25) is 0 Å². The Bertz CT molecular complexity index is 3030. The van der Waals surface area contributed by atoms with Crippen molar-refractivity contribution in [2.75, 3.05) is 52.0 Å². The van der Waals surface area contributed by atoms with E-state index >= 15 is 0 Å². The molecule has 30 fully saturated rings. The molecule has 23 N–H and O–H groups in total. The lowest BCUT2D eigenvalue weighted by Crippen LogP contribution is -2.69. The zero-order chi connectivity index (χ0) is 74.6. The fraction of sp³-hybridized carbons (Fsp3) is 0.889. The predicted molar refractivity (Wildman–Crippen MR) is 306 cm³/mol. The van der Waals surface area contributed by atoms with Gasteiger partial charge in [-0.15, -0.1) is 0 Å². The molecule has 30 heterocycles. The molecule has 0 saturated carbocycles. The third kappa shape index (κ3) is 16.0. The van der Waals surface area contributed by atoms with Gasteiger partial charge in [-0.25, -0.2) is 8.42 Å². The van der Waals surface area contributed by atoms with Gasteiger partial charge in [-0.1, -0.05) is 0 Å². The number of hydrogen-bond donors (Lipinski definition) is 23. The maximum atomic E-state index is 14.4. The summed E-state index contributed by atoms with van der Waals surface area (Å²) in [6, 6.07) is 1.29. The summed E-state index contributed by atoms with van der Waals surface area (Å²) < 4.78 is 120. The minimum Gasteiger partial charge on any atom is -0.394 e. The van der Waals surface area contributed by atoms with Crippen molar-refractivity contribution in [3.8, 4) is 0 Å². The molecule has 16 bridgehead atoms. The standard InChI is InChI=1S/C54H82N2O45S/c57-4-14-39-23(64)31(72)47(86-14)95-40-15(5-58)88-49(33(74)25(40)66)97-42-17(7-60)90-51(35(76)27(42)68)99-44-19(9-62)92-53(37(78)29(44)70)101-46-21(11-102(84,85)22-2-1-12(55(80)81)3-13(22)56(82)83)93-54(38(79)30(46)71)100-45-20(10-63)91-52(36(77)28(45)69)98-43-18(8-61)89-50(34(75)26(43)67)96-41-16(6-59)87-48(94-39)32(73)24(41)65/h1-3,14-21,23-54,57-79H,4-11H2/t14-,15-,16-,17-,18-,19-,20-,21-,23-,24-,25-,26-,27-,28-,29-,30-,31-,32-,33-,34-,35-,36-,37-,38-,39-,40-,41-,42-,43-,44-,45-,46-,47-,48-,49-,50-,51-,52-,53-,54-/m1/s1. The number of benzene rings is 1. The van der Waals surface area contributed by atoms with E-state index in [0.717, 1.165) is 0 Å². The van der Waals surface area contributed by atoms with Crippen LogP contribution < -0.4 is 0 Å². The van der Waals surface area contributed by atoms with Gasteiger partial charge in [-0.2, -0.15) is 0 Å². The number of nitro groups is 2. The maximum Gasteiger partial charge on any atom is 0.294 e. The van der Waals surface area contributed by atoms with Gasteiger partial charge >= 0.3 is 0 Å². The second-order valence-electron chi connectivity index (χ2n) is 25.2. The van der Waals surface area contributed by atoms with Crippen molar-refractivity contribution in [3.63, 3.8) is 0 Å². The van der Waals surface area contributed by atoms with Gasteiger partial charge in [0, 0.05) is 6.07 Å². The van der Waals surface area contributed by atoms with Gasteiger partial charge < -0.3 is 193 Å². The van der Waals surface area contributed by atoms with E-state index in [9.17, 15) is 146 Å². The summed E-state index contributed by atoms with van der Waals surface area (Å²) in [5, 5.41) is 282. The van der Waals surface area contributed by atoms with E-state index in [-0.39, 0.29) is 6.07 Å². The Morgan fingerprint density at radius 2 is 0.471 bits per heavy atom. The molecular formula is C54H82N2O45S. The first-order chi connectivity index (χ1) is 48.3. The summed E-state index contributed by atoms with van der Waals surface area (Å²) in [4.78, 5) is 20.2. The first kappa shape index (κ1) is 80.9. The van der Waals surface area contributed by atoms with Crippen LogP contribution in [0.15, 0.2) is 23.1 Å². The van der Waals surface area contributed by atoms with Crippen molar-refractivity contribution >= 4 is 21.2 Å². The lowest BCUT2D eigenvalue weighted by Gasteiger charge is -2.50. The maximum absolute atomic E-state index is 14.4. The van der Waals surface area contributed by atoms with Crippen LogP contribution in [0, 0.1) is 20.2 Å². The third-order valence-corrected chi connectivity index (χ3v) is 20.6. The molecule has 47 nitrogen and oxygen atoms in total. The fourth-order valence-electron chi connectivity index (χ4n) is 13.2. The molecule has 0 aliphatic carbocycles. The molecule has 0 spiro atoms. The number of aliphatic hydroxyl groups is 23. The number of nitrogens with zero attached hydrogens (tertiary/aromatic N) is 2. The zero-order valence-corrected chi connectivity index (χ0v) is 53.4. The van der Waals surface area contributed by atoms with Crippen molar-refractivity contribution in [1.29, 1.82) is 0 Å². The van der Waals surface area contributed by atoms with Crippen LogP contribution in [0.25, 0.3) is 0 Å². The molecule has 30 saturated heterocycles. The molecule has 0 radical (unpaired) electrons. The SMILES string of the molecule is O=[N+]([O-])c1ccc(S(=O)(=O)C[C@H]2O[C@@H]3O[C@H]4[C@H](O)[C@@H](O)[C@@H](O[C@H]5[C@H](O)[C@@H](O)[C@@H](O[C@H]6[C@H](O)[C@@H](O)[C@@H](O[C@H]7[C@H](O)[C@@H](O)[C@@H](O[C@H]8[C@H](O)[C@@H](O)[C@@H](O[C@H]9[C@H](O)[C@@H](O)[C@@H](O[C@H]%10[C@H](O)[C@@H](O)[C@@H](O[C@H]2[C@H](O)[C@H]3O)O[C@@H]%10CO)O[C@@H]9CO)O[C@@H]8CO)O[C@@H]7CO)O[C@@H]6CO)O[C@@H]5CO)O[C@@H]4CO)c([N+](=O)[O-])c1. The zero-order valence-electron chi connectivity index (χ0n) is 52.6. The second-order valence-corrected chi connectivity index (χ2v) is 27.2. The summed E-state index contributed by atoms with van der Waals surface area (Å²) in [7, 11) is -5.33. The highest BCUT2D eigenvalue weighted by Crippen LogP contribution is 2.41. The molecule has 1 aromatic carbocycles. The van der Waals surface area contributed by atoms with Gasteiger partial charge in [0.25, 0.3) is 11.4 Å². The Kier molecular flexibility index (Phi) is 26.6. The van der Waals surface area contributed by atoms with Gasteiger partial charge in [0.05, 0.1) is 67.9 Å². The first-order valence-corrected chi connectivity index (χ1v) is 33.2. The van der Waals surface area contributed by atoms with Gasteiger partial charge in [-0.3, -0.25) is 20.2 Å². The van der Waals surface area contributed by atoms with Crippen molar-refractivity contribution < 1.29 is 212 Å². The highest BCUT2D eigenvalue weighted by Gasteiger charge is 2.61.